The third kappa shape index (κ3) is 3.24. The minimum absolute atomic E-state index is 0.402. The van der Waals surface area contributed by atoms with Crippen LogP contribution in [0.2, 0.25) is 0 Å². The maximum absolute atomic E-state index is 12.3. The summed E-state index contributed by atoms with van der Waals surface area (Å²) in [6, 6.07) is 7.07. The van der Waals surface area contributed by atoms with E-state index in [4.69, 9.17) is 9.47 Å². The summed E-state index contributed by atoms with van der Waals surface area (Å²) in [4.78, 5) is 24.1. The van der Waals surface area contributed by atoms with Gasteiger partial charge in [-0.1, -0.05) is 18.6 Å². The molecule has 3 rings (SSSR count). The van der Waals surface area contributed by atoms with E-state index in [1.807, 2.05) is 6.07 Å². The second kappa shape index (κ2) is 6.24. The summed E-state index contributed by atoms with van der Waals surface area (Å²) in [5.41, 5.74) is -0.0341. The molecule has 0 aromatic heterocycles. The van der Waals surface area contributed by atoms with Gasteiger partial charge in [0.15, 0.2) is 0 Å². The summed E-state index contributed by atoms with van der Waals surface area (Å²) in [6.45, 7) is 0. The quantitative estimate of drug-likeness (QED) is 0.740. The summed E-state index contributed by atoms with van der Waals surface area (Å²) in [6.07, 6.45) is 6.68. The van der Waals surface area contributed by atoms with Crippen LogP contribution in [-0.2, 0) is 14.3 Å². The van der Waals surface area contributed by atoms with Gasteiger partial charge in [0.05, 0.1) is 11.6 Å². The number of rotatable bonds is 2. The van der Waals surface area contributed by atoms with Crippen molar-refractivity contribution in [1.82, 2.24) is 0 Å². The third-order valence-electron chi connectivity index (χ3n) is 4.17. The minimum atomic E-state index is -0.479. The lowest BCUT2D eigenvalue weighted by Gasteiger charge is -2.38. The Kier molecular flexibility index (Phi) is 4.34. The van der Waals surface area contributed by atoms with Gasteiger partial charge >= 0.3 is 11.9 Å². The van der Waals surface area contributed by atoms with Crippen LogP contribution in [0.3, 0.4) is 0 Å². The van der Waals surface area contributed by atoms with Crippen LogP contribution >= 0.6 is 15.9 Å². The highest BCUT2D eigenvalue weighted by atomic mass is 79.9. The third-order valence-corrected chi connectivity index (χ3v) is 4.87. The predicted octanol–water partition coefficient (Wildman–Crippen LogP) is 4.14. The topological polar surface area (TPSA) is 52.6 Å². The maximum Gasteiger partial charge on any atom is 0.344 e. The van der Waals surface area contributed by atoms with Crippen molar-refractivity contribution in [3.05, 3.63) is 46.1 Å². The van der Waals surface area contributed by atoms with Gasteiger partial charge in [0, 0.05) is 10.9 Å². The number of esters is 2. The summed E-state index contributed by atoms with van der Waals surface area (Å²) >= 11 is 3.33. The first-order valence-corrected chi connectivity index (χ1v) is 8.28. The number of hydrogen-bond donors (Lipinski definition) is 0. The summed E-state index contributed by atoms with van der Waals surface area (Å²) in [7, 11) is 0. The van der Waals surface area contributed by atoms with Crippen LogP contribution in [0, 0.1) is 0 Å². The van der Waals surface area contributed by atoms with Crippen molar-refractivity contribution in [3.63, 3.8) is 0 Å². The van der Waals surface area contributed by atoms with Gasteiger partial charge in [-0.2, -0.15) is 0 Å². The number of benzene rings is 1. The van der Waals surface area contributed by atoms with Crippen molar-refractivity contribution in [3.8, 4) is 0 Å². The van der Waals surface area contributed by atoms with Crippen molar-refractivity contribution in [1.29, 1.82) is 0 Å². The van der Waals surface area contributed by atoms with Gasteiger partial charge in [0.2, 0.25) is 0 Å². The van der Waals surface area contributed by atoms with E-state index in [1.54, 1.807) is 18.2 Å². The van der Waals surface area contributed by atoms with Crippen LogP contribution in [0.1, 0.15) is 48.9 Å². The number of hydrogen-bond acceptors (Lipinski definition) is 4. The molecule has 4 nitrogen and oxygen atoms in total. The highest BCUT2D eigenvalue weighted by molar-refractivity contribution is 9.10. The van der Waals surface area contributed by atoms with Crippen LogP contribution in [0.15, 0.2) is 40.6 Å². The van der Waals surface area contributed by atoms with E-state index in [9.17, 15) is 9.59 Å². The molecule has 1 heterocycles. The van der Waals surface area contributed by atoms with Gasteiger partial charge in [-0.15, -0.1) is 0 Å². The van der Waals surface area contributed by atoms with Gasteiger partial charge in [-0.3, -0.25) is 0 Å². The SMILES string of the molecule is O=C1C=C(OC(=O)c2ccccc2Br)CC2(CCCCC2)O1. The zero-order valence-corrected chi connectivity index (χ0v) is 13.7. The van der Waals surface area contributed by atoms with Crippen LogP contribution in [0.25, 0.3) is 0 Å². The molecule has 1 saturated carbocycles. The van der Waals surface area contributed by atoms with Crippen LogP contribution in [0.4, 0.5) is 0 Å². The van der Waals surface area contributed by atoms with E-state index >= 15 is 0 Å². The largest absolute Gasteiger partial charge is 0.455 e. The predicted molar refractivity (Wildman–Crippen MR) is 84.2 cm³/mol. The Bertz CT molecular complexity index is 629. The van der Waals surface area contributed by atoms with Crippen molar-refractivity contribution in [2.45, 2.75) is 44.1 Å². The maximum atomic E-state index is 12.3. The minimum Gasteiger partial charge on any atom is -0.455 e. The Morgan fingerprint density at radius 2 is 1.91 bits per heavy atom. The fourth-order valence-corrected chi connectivity index (χ4v) is 3.57. The molecular weight excluding hydrogens is 348 g/mol. The Morgan fingerprint density at radius 3 is 2.64 bits per heavy atom. The molecule has 0 bridgehead atoms. The standard InChI is InChI=1S/C17H17BrO4/c18-14-7-3-2-6-13(14)16(20)21-12-10-15(19)22-17(11-12)8-4-1-5-9-17/h2-3,6-7,10H,1,4-5,8-9,11H2. The Balaban J connectivity index is 1.75. The van der Waals surface area contributed by atoms with E-state index in [2.05, 4.69) is 15.9 Å². The molecule has 1 fully saturated rings. The van der Waals surface area contributed by atoms with Crippen LogP contribution < -0.4 is 0 Å². The first kappa shape index (κ1) is 15.3. The average Bonchev–Trinajstić information content (AvgIpc) is 2.47. The highest BCUT2D eigenvalue weighted by Crippen LogP contribution is 2.39. The summed E-state index contributed by atoms with van der Waals surface area (Å²) < 4.78 is 11.7. The lowest BCUT2D eigenvalue weighted by Crippen LogP contribution is -2.40. The van der Waals surface area contributed by atoms with E-state index in [1.165, 1.54) is 6.08 Å². The average molecular weight is 365 g/mol. The molecule has 116 valence electrons. The van der Waals surface area contributed by atoms with Crippen molar-refractivity contribution < 1.29 is 19.1 Å². The summed E-state index contributed by atoms with van der Waals surface area (Å²) in [5.74, 6) is -0.471. The second-order valence-corrected chi connectivity index (χ2v) is 6.68. The molecule has 22 heavy (non-hydrogen) atoms. The normalized spacial score (nSPS) is 20.2. The lowest BCUT2D eigenvalue weighted by molar-refractivity contribution is -0.160. The van der Waals surface area contributed by atoms with Gasteiger partial charge in [0.1, 0.15) is 11.4 Å². The highest BCUT2D eigenvalue weighted by Gasteiger charge is 2.40. The number of carbonyl (C=O) groups excluding carboxylic acids is 2. The van der Waals surface area contributed by atoms with Crippen molar-refractivity contribution >= 4 is 27.9 Å². The van der Waals surface area contributed by atoms with Gasteiger partial charge in [-0.25, -0.2) is 9.59 Å². The smallest absolute Gasteiger partial charge is 0.344 e. The zero-order valence-electron chi connectivity index (χ0n) is 12.1. The fourth-order valence-electron chi connectivity index (χ4n) is 3.12. The number of halogens is 1. The van der Waals surface area contributed by atoms with E-state index in [0.29, 0.717) is 22.2 Å². The molecule has 5 heteroatoms. The van der Waals surface area contributed by atoms with E-state index < -0.39 is 17.5 Å². The molecule has 0 atom stereocenters. The molecule has 0 saturated heterocycles. The molecule has 1 aromatic rings. The second-order valence-electron chi connectivity index (χ2n) is 5.82. The molecule has 0 amide bonds. The molecular formula is C17H17BrO4. The fraction of sp³-hybridized carbons (Fsp3) is 0.412. The van der Waals surface area contributed by atoms with Gasteiger partial charge in [0.25, 0.3) is 0 Å². The van der Waals surface area contributed by atoms with Gasteiger partial charge < -0.3 is 9.47 Å². The number of ether oxygens (including phenoxy) is 2. The Labute approximate surface area is 137 Å². The molecule has 1 aliphatic carbocycles. The monoisotopic (exact) mass is 364 g/mol. The zero-order chi connectivity index (χ0) is 15.6. The first-order chi connectivity index (χ1) is 10.6. The van der Waals surface area contributed by atoms with Crippen LogP contribution in [0.5, 0.6) is 0 Å². The molecule has 1 aromatic carbocycles. The Hall–Kier alpha value is -1.62. The molecule has 1 aliphatic heterocycles. The van der Waals surface area contributed by atoms with Gasteiger partial charge in [-0.05, 0) is 53.7 Å². The van der Waals surface area contributed by atoms with E-state index in [-0.39, 0.29) is 0 Å². The lowest BCUT2D eigenvalue weighted by atomic mass is 9.80. The molecule has 0 unspecified atom stereocenters. The molecule has 1 spiro atoms. The van der Waals surface area contributed by atoms with E-state index in [0.717, 1.165) is 32.1 Å². The Morgan fingerprint density at radius 1 is 1.18 bits per heavy atom. The first-order valence-electron chi connectivity index (χ1n) is 7.48. The molecule has 2 aliphatic rings. The molecule has 0 N–H and O–H groups in total. The van der Waals surface area contributed by atoms with Crippen LogP contribution in [-0.4, -0.2) is 17.5 Å². The van der Waals surface area contributed by atoms with Crippen molar-refractivity contribution in [2.75, 3.05) is 0 Å². The summed E-state index contributed by atoms with van der Waals surface area (Å²) in [5, 5.41) is 0. The van der Waals surface area contributed by atoms with Crippen molar-refractivity contribution in [2.24, 2.45) is 0 Å². The number of carbonyl (C=O) groups is 2. The molecule has 0 radical (unpaired) electrons.